The number of H-pyrrole nitrogens is 1. The van der Waals surface area contributed by atoms with E-state index in [1.54, 1.807) is 10.8 Å². The van der Waals surface area contributed by atoms with E-state index < -0.39 is 13.6 Å². The first-order valence-corrected chi connectivity index (χ1v) is 10.4. The molecule has 0 unspecified atom stereocenters. The Morgan fingerprint density at radius 3 is 2.86 bits per heavy atom. The number of nitrogen functional groups attached to an aromatic ring is 1. The number of aromatic nitrogens is 3. The van der Waals surface area contributed by atoms with Crippen LogP contribution in [0.15, 0.2) is 11.0 Å². The van der Waals surface area contributed by atoms with E-state index in [9.17, 15) is 4.79 Å². The molecule has 2 aromatic heterocycles. The lowest BCUT2D eigenvalue weighted by Gasteiger charge is -2.15. The average Bonchev–Trinajstić information content (AvgIpc) is 2.72. The van der Waals surface area contributed by atoms with Crippen LogP contribution in [0.3, 0.4) is 0 Å². The molecule has 0 fully saturated rings. The van der Waals surface area contributed by atoms with Crippen molar-refractivity contribution in [3.8, 4) is 6.07 Å². The van der Waals surface area contributed by atoms with Crippen LogP contribution < -0.4 is 11.3 Å². The van der Waals surface area contributed by atoms with E-state index in [2.05, 4.69) is 29.6 Å². The lowest BCUT2D eigenvalue weighted by Crippen LogP contribution is -2.22. The normalized spacial score (nSPS) is 11.7. The van der Waals surface area contributed by atoms with Crippen LogP contribution in [-0.4, -0.2) is 29.2 Å². The molecule has 112 valence electrons. The summed E-state index contributed by atoms with van der Waals surface area (Å²) in [5, 5.41) is 9.36. The van der Waals surface area contributed by atoms with Crippen molar-refractivity contribution in [2.45, 2.75) is 32.4 Å². The molecule has 0 aliphatic rings. The van der Waals surface area contributed by atoms with Crippen LogP contribution in [0.5, 0.6) is 0 Å². The van der Waals surface area contributed by atoms with Gasteiger partial charge in [0.25, 0.3) is 5.56 Å². The van der Waals surface area contributed by atoms with Gasteiger partial charge < -0.3 is 15.0 Å². The van der Waals surface area contributed by atoms with Gasteiger partial charge in [0.05, 0.1) is 5.56 Å². The standard InChI is InChI=1S/C13H19N5O2Si/c1-21(2,3)5-4-20-8-18-7-9(6-14)10-11(18)16-13(15)17-12(10)19/h7H,4-5,8H2,1-3H3,(H3,15,16,17,19). The molecular formula is C13H19N5O2Si. The number of aromatic amines is 1. The zero-order valence-corrected chi connectivity index (χ0v) is 13.4. The van der Waals surface area contributed by atoms with Gasteiger partial charge in [-0.3, -0.25) is 9.78 Å². The topological polar surface area (TPSA) is 110 Å². The molecule has 0 amide bonds. The van der Waals surface area contributed by atoms with Crippen LogP contribution in [0.2, 0.25) is 25.7 Å². The van der Waals surface area contributed by atoms with Gasteiger partial charge in [-0.1, -0.05) is 19.6 Å². The Hall–Kier alpha value is -2.11. The smallest absolute Gasteiger partial charge is 0.263 e. The van der Waals surface area contributed by atoms with Crippen molar-refractivity contribution in [2.24, 2.45) is 0 Å². The summed E-state index contributed by atoms with van der Waals surface area (Å²) in [5.74, 6) is 0.0263. The highest BCUT2D eigenvalue weighted by Gasteiger charge is 2.15. The second-order valence-corrected chi connectivity index (χ2v) is 11.7. The second-order valence-electron chi connectivity index (χ2n) is 6.12. The molecule has 0 saturated carbocycles. The van der Waals surface area contributed by atoms with Crippen LogP contribution in [0.4, 0.5) is 5.95 Å². The van der Waals surface area contributed by atoms with Crippen molar-refractivity contribution in [3.63, 3.8) is 0 Å². The molecule has 0 aromatic carbocycles. The van der Waals surface area contributed by atoms with Gasteiger partial charge in [-0.15, -0.1) is 0 Å². The number of nitriles is 1. The molecule has 0 spiro atoms. The summed E-state index contributed by atoms with van der Waals surface area (Å²) in [5.41, 5.74) is 5.80. The summed E-state index contributed by atoms with van der Waals surface area (Å²) in [6.45, 7) is 7.72. The van der Waals surface area contributed by atoms with Gasteiger partial charge in [-0.2, -0.15) is 10.2 Å². The van der Waals surface area contributed by atoms with Crippen LogP contribution >= 0.6 is 0 Å². The minimum Gasteiger partial charge on any atom is -0.369 e. The molecule has 0 aliphatic heterocycles. The summed E-state index contributed by atoms with van der Waals surface area (Å²) in [4.78, 5) is 18.4. The van der Waals surface area contributed by atoms with Crippen LogP contribution in [0, 0.1) is 11.3 Å². The van der Waals surface area contributed by atoms with Crippen molar-refractivity contribution in [2.75, 3.05) is 12.3 Å². The van der Waals surface area contributed by atoms with E-state index in [0.717, 1.165) is 6.04 Å². The van der Waals surface area contributed by atoms with Crippen LogP contribution in [0.1, 0.15) is 5.56 Å². The number of hydrogen-bond donors (Lipinski definition) is 2. The summed E-state index contributed by atoms with van der Waals surface area (Å²) in [6.07, 6.45) is 1.57. The van der Waals surface area contributed by atoms with Gasteiger partial charge in [-0.25, -0.2) is 0 Å². The predicted molar refractivity (Wildman–Crippen MR) is 83.6 cm³/mol. The summed E-state index contributed by atoms with van der Waals surface area (Å²) in [6, 6.07) is 3.04. The predicted octanol–water partition coefficient (Wildman–Crippen LogP) is 1.49. The molecule has 0 saturated heterocycles. The first kappa shape index (κ1) is 15.3. The Morgan fingerprint density at radius 2 is 2.24 bits per heavy atom. The zero-order chi connectivity index (χ0) is 15.6. The maximum Gasteiger partial charge on any atom is 0.263 e. The fourth-order valence-electron chi connectivity index (χ4n) is 1.93. The monoisotopic (exact) mass is 305 g/mol. The first-order valence-electron chi connectivity index (χ1n) is 6.68. The van der Waals surface area contributed by atoms with Gasteiger partial charge in [-0.05, 0) is 6.04 Å². The van der Waals surface area contributed by atoms with Crippen molar-refractivity contribution in [1.82, 2.24) is 14.5 Å². The molecule has 2 heterocycles. The molecule has 7 nitrogen and oxygen atoms in total. The highest BCUT2D eigenvalue weighted by Crippen LogP contribution is 2.16. The molecule has 2 aromatic rings. The highest BCUT2D eigenvalue weighted by molar-refractivity contribution is 6.76. The minimum absolute atomic E-state index is 0.0263. The second kappa shape index (κ2) is 5.71. The summed E-state index contributed by atoms with van der Waals surface area (Å²) in [7, 11) is -1.15. The average molecular weight is 305 g/mol. The van der Waals surface area contributed by atoms with Crippen molar-refractivity contribution >= 4 is 25.1 Å². The van der Waals surface area contributed by atoms with Crippen molar-refractivity contribution in [3.05, 3.63) is 22.1 Å². The molecular weight excluding hydrogens is 286 g/mol. The fraction of sp³-hybridized carbons (Fsp3) is 0.462. The molecule has 3 N–H and O–H groups in total. The Labute approximate surface area is 123 Å². The van der Waals surface area contributed by atoms with E-state index in [-0.39, 0.29) is 23.6 Å². The zero-order valence-electron chi connectivity index (χ0n) is 12.4. The lowest BCUT2D eigenvalue weighted by atomic mass is 10.3. The van der Waals surface area contributed by atoms with Gasteiger partial charge in [0.1, 0.15) is 18.2 Å². The van der Waals surface area contributed by atoms with E-state index in [1.807, 2.05) is 6.07 Å². The molecule has 8 heteroatoms. The molecule has 0 radical (unpaired) electrons. The largest absolute Gasteiger partial charge is 0.369 e. The van der Waals surface area contributed by atoms with Gasteiger partial charge in [0.2, 0.25) is 5.95 Å². The maximum absolute atomic E-state index is 11.9. The maximum atomic E-state index is 11.9. The number of nitrogens with one attached hydrogen (secondary N) is 1. The Morgan fingerprint density at radius 1 is 1.52 bits per heavy atom. The summed E-state index contributed by atoms with van der Waals surface area (Å²) < 4.78 is 7.28. The molecule has 0 atom stereocenters. The van der Waals surface area contributed by atoms with Crippen molar-refractivity contribution in [1.29, 1.82) is 5.26 Å². The number of nitrogens with two attached hydrogens (primary N) is 1. The number of nitrogens with zero attached hydrogens (tertiary/aromatic N) is 3. The Kier molecular flexibility index (Phi) is 4.15. The third-order valence-electron chi connectivity index (χ3n) is 3.09. The van der Waals surface area contributed by atoms with Crippen molar-refractivity contribution < 1.29 is 4.74 Å². The van der Waals surface area contributed by atoms with Crippen LogP contribution in [-0.2, 0) is 11.5 Å². The number of rotatable bonds is 5. The molecule has 0 aliphatic carbocycles. The Bertz CT molecular complexity index is 751. The number of anilines is 1. The lowest BCUT2D eigenvalue weighted by molar-refractivity contribution is 0.0898. The number of fused-ring (bicyclic) bond motifs is 1. The van der Waals surface area contributed by atoms with E-state index in [4.69, 9.17) is 15.7 Å². The van der Waals surface area contributed by atoms with Gasteiger partial charge >= 0.3 is 0 Å². The fourth-order valence-corrected chi connectivity index (χ4v) is 2.69. The van der Waals surface area contributed by atoms with E-state index in [1.165, 1.54) is 0 Å². The Balaban J connectivity index is 2.25. The van der Waals surface area contributed by atoms with Gasteiger partial charge in [0, 0.05) is 20.9 Å². The molecule has 0 bridgehead atoms. The molecule has 21 heavy (non-hydrogen) atoms. The summed E-state index contributed by atoms with van der Waals surface area (Å²) >= 11 is 0. The molecule has 2 rings (SSSR count). The van der Waals surface area contributed by atoms with Crippen LogP contribution in [0.25, 0.3) is 11.0 Å². The van der Waals surface area contributed by atoms with E-state index >= 15 is 0 Å². The van der Waals surface area contributed by atoms with Gasteiger partial charge in [0.15, 0.2) is 5.65 Å². The highest BCUT2D eigenvalue weighted by atomic mass is 28.3. The number of hydrogen-bond acceptors (Lipinski definition) is 5. The first-order chi connectivity index (χ1) is 9.81. The third-order valence-corrected chi connectivity index (χ3v) is 4.80. The quantitative estimate of drug-likeness (QED) is 0.642. The minimum atomic E-state index is -1.15. The number of ether oxygens (including phenoxy) is 1. The SMILES string of the molecule is C[Si](C)(C)CCOCn1cc(C#N)c2c(=O)[nH]c(N)nc21. The third kappa shape index (κ3) is 3.51. The van der Waals surface area contributed by atoms with E-state index in [0.29, 0.717) is 12.3 Å².